The van der Waals surface area contributed by atoms with Gasteiger partial charge in [-0.3, -0.25) is 0 Å². The van der Waals surface area contributed by atoms with Gasteiger partial charge in [-0.1, -0.05) is 51.1 Å². The molecule has 0 amide bonds. The highest BCUT2D eigenvalue weighted by molar-refractivity contribution is 7.11. The van der Waals surface area contributed by atoms with Gasteiger partial charge in [0, 0.05) is 11.8 Å². The first kappa shape index (κ1) is 16.2. The van der Waals surface area contributed by atoms with Crippen molar-refractivity contribution in [2.45, 2.75) is 58.5 Å². The van der Waals surface area contributed by atoms with Gasteiger partial charge in [0.15, 0.2) is 0 Å². The SMILES string of the molecule is CC(C)(C)c1nc(CCc2ccccc2)sc1C(C)(C)O. The van der Waals surface area contributed by atoms with Crippen molar-refractivity contribution in [3.8, 4) is 0 Å². The van der Waals surface area contributed by atoms with Crippen molar-refractivity contribution in [3.63, 3.8) is 0 Å². The zero-order chi connectivity index (χ0) is 15.7. The lowest BCUT2D eigenvalue weighted by atomic mass is 9.88. The minimum Gasteiger partial charge on any atom is -0.385 e. The summed E-state index contributed by atoms with van der Waals surface area (Å²) in [5.41, 5.74) is 1.49. The first-order chi connectivity index (χ1) is 9.68. The Hall–Kier alpha value is -1.19. The molecule has 1 aromatic heterocycles. The van der Waals surface area contributed by atoms with Gasteiger partial charge in [-0.2, -0.15) is 0 Å². The van der Waals surface area contributed by atoms with Gasteiger partial charge in [0.25, 0.3) is 0 Å². The van der Waals surface area contributed by atoms with E-state index in [0.29, 0.717) is 0 Å². The predicted molar refractivity (Wildman–Crippen MR) is 89.9 cm³/mol. The van der Waals surface area contributed by atoms with E-state index in [4.69, 9.17) is 4.98 Å². The van der Waals surface area contributed by atoms with E-state index in [2.05, 4.69) is 45.0 Å². The average Bonchev–Trinajstić information content (AvgIpc) is 2.82. The smallest absolute Gasteiger partial charge is 0.0951 e. The highest BCUT2D eigenvalue weighted by Gasteiger charge is 2.30. The molecule has 0 bridgehead atoms. The second-order valence-electron chi connectivity index (χ2n) is 7.08. The minimum atomic E-state index is -0.828. The van der Waals surface area contributed by atoms with Crippen molar-refractivity contribution < 1.29 is 5.11 Å². The van der Waals surface area contributed by atoms with Crippen LogP contribution in [0.3, 0.4) is 0 Å². The average molecular weight is 303 g/mol. The van der Waals surface area contributed by atoms with Crippen LogP contribution in [-0.4, -0.2) is 10.1 Å². The molecule has 0 saturated carbocycles. The van der Waals surface area contributed by atoms with Crippen LogP contribution < -0.4 is 0 Å². The molecule has 0 spiro atoms. The Morgan fingerprint density at radius 1 is 1.00 bits per heavy atom. The maximum absolute atomic E-state index is 10.4. The maximum Gasteiger partial charge on any atom is 0.0951 e. The van der Waals surface area contributed by atoms with Crippen molar-refractivity contribution in [3.05, 3.63) is 51.5 Å². The van der Waals surface area contributed by atoms with Crippen LogP contribution in [0.5, 0.6) is 0 Å². The molecule has 0 unspecified atom stereocenters. The molecule has 0 fully saturated rings. The summed E-state index contributed by atoms with van der Waals surface area (Å²) in [6.07, 6.45) is 1.91. The zero-order valence-electron chi connectivity index (χ0n) is 13.6. The lowest BCUT2D eigenvalue weighted by Crippen LogP contribution is -2.22. The highest BCUT2D eigenvalue weighted by atomic mass is 32.1. The summed E-state index contributed by atoms with van der Waals surface area (Å²) in [5, 5.41) is 11.5. The summed E-state index contributed by atoms with van der Waals surface area (Å²) in [6, 6.07) is 10.5. The monoisotopic (exact) mass is 303 g/mol. The molecular formula is C18H25NOS. The molecule has 0 atom stereocenters. The number of aliphatic hydroxyl groups is 1. The molecule has 3 heteroatoms. The predicted octanol–water partition coefficient (Wildman–Crippen LogP) is 4.45. The van der Waals surface area contributed by atoms with Crippen LogP contribution >= 0.6 is 11.3 Å². The molecule has 0 aliphatic heterocycles. The third-order valence-corrected chi connectivity index (χ3v) is 4.84. The van der Waals surface area contributed by atoms with Gasteiger partial charge in [-0.05, 0) is 25.8 Å². The Balaban J connectivity index is 2.24. The van der Waals surface area contributed by atoms with Crippen LogP contribution in [0.25, 0.3) is 0 Å². The lowest BCUT2D eigenvalue weighted by molar-refractivity contribution is 0.0803. The first-order valence-corrected chi connectivity index (χ1v) is 8.26. The van der Waals surface area contributed by atoms with Gasteiger partial charge in [0.1, 0.15) is 0 Å². The Labute approximate surface area is 131 Å². The highest BCUT2D eigenvalue weighted by Crippen LogP contribution is 2.36. The number of aromatic nitrogens is 1. The molecular weight excluding hydrogens is 278 g/mol. The largest absolute Gasteiger partial charge is 0.385 e. The van der Waals surface area contributed by atoms with E-state index in [0.717, 1.165) is 28.4 Å². The second-order valence-corrected chi connectivity index (χ2v) is 8.16. The van der Waals surface area contributed by atoms with E-state index in [1.165, 1.54) is 5.56 Å². The minimum absolute atomic E-state index is 0.0448. The molecule has 2 rings (SSSR count). The number of aryl methyl sites for hydroxylation is 2. The van der Waals surface area contributed by atoms with E-state index in [1.54, 1.807) is 11.3 Å². The van der Waals surface area contributed by atoms with Crippen LogP contribution in [-0.2, 0) is 23.9 Å². The zero-order valence-corrected chi connectivity index (χ0v) is 14.4. The van der Waals surface area contributed by atoms with Crippen LogP contribution in [0.4, 0.5) is 0 Å². The van der Waals surface area contributed by atoms with E-state index in [9.17, 15) is 5.11 Å². The van der Waals surface area contributed by atoms with Crippen LogP contribution in [0.1, 0.15) is 55.8 Å². The van der Waals surface area contributed by atoms with Gasteiger partial charge < -0.3 is 5.11 Å². The van der Waals surface area contributed by atoms with E-state index in [-0.39, 0.29) is 5.41 Å². The number of nitrogens with zero attached hydrogens (tertiary/aromatic N) is 1. The lowest BCUT2D eigenvalue weighted by Gasteiger charge is -2.23. The van der Waals surface area contributed by atoms with Gasteiger partial charge in [0.05, 0.1) is 21.2 Å². The van der Waals surface area contributed by atoms with Crippen molar-refractivity contribution in [2.24, 2.45) is 0 Å². The molecule has 0 aliphatic rings. The van der Waals surface area contributed by atoms with Gasteiger partial charge in [0.2, 0.25) is 0 Å². The summed E-state index contributed by atoms with van der Waals surface area (Å²) in [4.78, 5) is 5.82. The van der Waals surface area contributed by atoms with Crippen molar-refractivity contribution in [1.29, 1.82) is 0 Å². The molecule has 0 saturated heterocycles. The molecule has 1 aromatic carbocycles. The normalized spacial score (nSPS) is 12.7. The quantitative estimate of drug-likeness (QED) is 0.905. The van der Waals surface area contributed by atoms with Crippen molar-refractivity contribution >= 4 is 11.3 Å². The maximum atomic E-state index is 10.4. The Bertz CT molecular complexity index is 556. The summed E-state index contributed by atoms with van der Waals surface area (Å²) >= 11 is 1.65. The fraction of sp³-hybridized carbons (Fsp3) is 0.500. The molecule has 2 aromatic rings. The topological polar surface area (TPSA) is 33.1 Å². The number of thiazole rings is 1. The Kier molecular flexibility index (Phi) is 4.54. The molecule has 1 N–H and O–H groups in total. The molecule has 2 nitrogen and oxygen atoms in total. The standard InChI is InChI=1S/C18H25NOS/c1-17(2,3)15-16(18(4,5)20)21-14(19-15)12-11-13-9-7-6-8-10-13/h6-10,20H,11-12H2,1-5H3. The van der Waals surface area contributed by atoms with E-state index in [1.807, 2.05) is 19.9 Å². The van der Waals surface area contributed by atoms with Gasteiger partial charge in [-0.25, -0.2) is 4.98 Å². The Morgan fingerprint density at radius 2 is 1.62 bits per heavy atom. The number of hydrogen-bond donors (Lipinski definition) is 1. The summed E-state index contributed by atoms with van der Waals surface area (Å²) in [7, 11) is 0. The van der Waals surface area contributed by atoms with Crippen molar-refractivity contribution in [1.82, 2.24) is 4.98 Å². The van der Waals surface area contributed by atoms with Crippen LogP contribution in [0, 0.1) is 0 Å². The Morgan fingerprint density at radius 3 is 2.10 bits per heavy atom. The van der Waals surface area contributed by atoms with E-state index >= 15 is 0 Å². The molecule has 1 heterocycles. The third kappa shape index (κ3) is 4.14. The molecule has 0 radical (unpaired) electrons. The van der Waals surface area contributed by atoms with Gasteiger partial charge >= 0.3 is 0 Å². The van der Waals surface area contributed by atoms with Crippen LogP contribution in [0.15, 0.2) is 30.3 Å². The molecule has 114 valence electrons. The van der Waals surface area contributed by atoms with Gasteiger partial charge in [-0.15, -0.1) is 11.3 Å². The van der Waals surface area contributed by atoms with Crippen LogP contribution in [0.2, 0.25) is 0 Å². The number of hydrogen-bond acceptors (Lipinski definition) is 3. The summed E-state index contributed by atoms with van der Waals surface area (Å²) in [5.74, 6) is 0. The number of rotatable bonds is 4. The fourth-order valence-electron chi connectivity index (χ4n) is 2.29. The molecule has 21 heavy (non-hydrogen) atoms. The third-order valence-electron chi connectivity index (χ3n) is 3.41. The fourth-order valence-corrected chi connectivity index (χ4v) is 3.57. The van der Waals surface area contributed by atoms with E-state index < -0.39 is 5.60 Å². The first-order valence-electron chi connectivity index (χ1n) is 7.45. The van der Waals surface area contributed by atoms with Crippen molar-refractivity contribution in [2.75, 3.05) is 0 Å². The molecule has 0 aliphatic carbocycles. The number of benzene rings is 1. The summed E-state index contributed by atoms with van der Waals surface area (Å²) in [6.45, 7) is 10.1. The second kappa shape index (κ2) is 5.90. The summed E-state index contributed by atoms with van der Waals surface area (Å²) < 4.78 is 0.